The number of hydrogen-bond donors (Lipinski definition) is 2. The summed E-state index contributed by atoms with van der Waals surface area (Å²) in [5.41, 5.74) is 0.807. The van der Waals surface area contributed by atoms with Gasteiger partial charge in [0.15, 0.2) is 0 Å². The first-order valence-electron chi connectivity index (χ1n) is 3.77. The molecule has 70 valence electrons. The van der Waals surface area contributed by atoms with E-state index in [1.807, 2.05) is 6.07 Å². The molecule has 1 aromatic rings. The highest BCUT2D eigenvalue weighted by atomic mass is 16.8. The fourth-order valence-electron chi connectivity index (χ4n) is 0.913. The lowest BCUT2D eigenvalue weighted by molar-refractivity contribution is -1.00. The maximum Gasteiger partial charge on any atom is 0.127 e. The predicted octanol–water partition coefficient (Wildman–Crippen LogP) is 0.438. The van der Waals surface area contributed by atoms with E-state index in [-0.39, 0.29) is 0 Å². The van der Waals surface area contributed by atoms with Gasteiger partial charge in [0.2, 0.25) is 0 Å². The van der Waals surface area contributed by atoms with Gasteiger partial charge in [-0.25, -0.2) is 10.4 Å². The third-order valence-corrected chi connectivity index (χ3v) is 1.51. The van der Waals surface area contributed by atoms with E-state index in [2.05, 4.69) is 0 Å². The molecule has 0 amide bonds. The zero-order valence-corrected chi connectivity index (χ0v) is 7.23. The molecular weight excluding hydrogens is 170 g/mol. The minimum absolute atomic E-state index is 0.715. The van der Waals surface area contributed by atoms with Crippen LogP contribution in [-0.4, -0.2) is 12.3 Å². The van der Waals surface area contributed by atoms with Gasteiger partial charge >= 0.3 is 0 Å². The van der Waals surface area contributed by atoms with Gasteiger partial charge in [-0.3, -0.25) is 0 Å². The second kappa shape index (κ2) is 4.61. The SMILES string of the molecule is COc1cccc(C=C[NH+]([O-])O)c1. The average molecular weight is 181 g/mol. The molecule has 4 heteroatoms. The minimum Gasteiger partial charge on any atom is -0.595 e. The van der Waals surface area contributed by atoms with E-state index in [0.29, 0.717) is 5.75 Å². The molecule has 0 saturated carbocycles. The van der Waals surface area contributed by atoms with Gasteiger partial charge in [0, 0.05) is 6.08 Å². The van der Waals surface area contributed by atoms with Crippen molar-refractivity contribution >= 4 is 6.08 Å². The second-order valence-corrected chi connectivity index (χ2v) is 2.45. The van der Waals surface area contributed by atoms with Gasteiger partial charge in [-0.1, -0.05) is 12.1 Å². The summed E-state index contributed by atoms with van der Waals surface area (Å²) in [6, 6.07) is 7.18. The van der Waals surface area contributed by atoms with Crippen molar-refractivity contribution in [3.63, 3.8) is 0 Å². The Bertz CT molecular complexity index is 297. The molecule has 0 aliphatic heterocycles. The Morgan fingerprint density at radius 1 is 1.54 bits per heavy atom. The zero-order valence-electron chi connectivity index (χ0n) is 7.23. The van der Waals surface area contributed by atoms with Crippen molar-refractivity contribution in [1.82, 2.24) is 0 Å². The molecule has 1 rings (SSSR count). The van der Waals surface area contributed by atoms with E-state index in [1.54, 1.807) is 25.3 Å². The summed E-state index contributed by atoms with van der Waals surface area (Å²) in [4.78, 5) is 0. The minimum atomic E-state index is -0.956. The molecule has 0 fully saturated rings. The Labute approximate surface area is 76.2 Å². The van der Waals surface area contributed by atoms with E-state index >= 15 is 0 Å². The lowest BCUT2D eigenvalue weighted by Gasteiger charge is -2.04. The number of methoxy groups -OCH3 is 1. The number of nitrogens with one attached hydrogen (secondary N) is 1. The van der Waals surface area contributed by atoms with E-state index in [1.165, 1.54) is 6.08 Å². The molecule has 0 radical (unpaired) electrons. The molecule has 0 aliphatic carbocycles. The Kier molecular flexibility index (Phi) is 3.45. The smallest absolute Gasteiger partial charge is 0.127 e. The van der Waals surface area contributed by atoms with Crippen LogP contribution in [0.25, 0.3) is 6.08 Å². The molecule has 4 nitrogen and oxygen atoms in total. The number of benzene rings is 1. The van der Waals surface area contributed by atoms with Crippen LogP contribution in [0.5, 0.6) is 5.75 Å². The number of hydroxylamine groups is 2. The normalized spacial score (nSPS) is 13.2. The zero-order chi connectivity index (χ0) is 9.68. The first-order valence-corrected chi connectivity index (χ1v) is 3.77. The second-order valence-electron chi connectivity index (χ2n) is 2.45. The molecule has 0 aromatic heterocycles. The molecule has 1 aromatic carbocycles. The summed E-state index contributed by atoms with van der Waals surface area (Å²) in [6.07, 6.45) is 2.61. The molecule has 0 spiro atoms. The summed E-state index contributed by atoms with van der Waals surface area (Å²) in [6.45, 7) is 0. The molecule has 2 N–H and O–H groups in total. The van der Waals surface area contributed by atoms with Gasteiger partial charge < -0.3 is 9.94 Å². The fraction of sp³-hybridized carbons (Fsp3) is 0.111. The molecule has 13 heavy (non-hydrogen) atoms. The monoisotopic (exact) mass is 181 g/mol. The van der Waals surface area contributed by atoms with Crippen LogP contribution < -0.4 is 9.96 Å². The highest BCUT2D eigenvalue weighted by Gasteiger charge is 1.91. The average Bonchev–Trinajstić information content (AvgIpc) is 2.15. The molecule has 1 unspecified atom stereocenters. The van der Waals surface area contributed by atoms with Gasteiger partial charge in [0.25, 0.3) is 0 Å². The van der Waals surface area contributed by atoms with Crippen molar-refractivity contribution in [2.75, 3.05) is 7.11 Å². The summed E-state index contributed by atoms with van der Waals surface area (Å²) >= 11 is 0. The Morgan fingerprint density at radius 2 is 2.31 bits per heavy atom. The first-order chi connectivity index (χ1) is 6.22. The molecule has 1 atom stereocenters. The fourth-order valence-corrected chi connectivity index (χ4v) is 0.913. The largest absolute Gasteiger partial charge is 0.595 e. The van der Waals surface area contributed by atoms with E-state index in [9.17, 15) is 5.21 Å². The van der Waals surface area contributed by atoms with E-state index in [0.717, 1.165) is 11.8 Å². The van der Waals surface area contributed by atoms with Crippen molar-refractivity contribution in [3.8, 4) is 5.75 Å². The first kappa shape index (κ1) is 9.73. The van der Waals surface area contributed by atoms with Crippen LogP contribution in [0.1, 0.15) is 5.56 Å². The van der Waals surface area contributed by atoms with Gasteiger partial charge in [-0.2, -0.15) is 0 Å². The molecule has 0 bridgehead atoms. The van der Waals surface area contributed by atoms with Crippen LogP contribution in [0.2, 0.25) is 0 Å². The highest BCUT2D eigenvalue weighted by molar-refractivity contribution is 5.50. The van der Waals surface area contributed by atoms with Gasteiger partial charge in [-0.05, 0) is 17.7 Å². The van der Waals surface area contributed by atoms with Crippen LogP contribution >= 0.6 is 0 Å². The lowest BCUT2D eigenvalue weighted by Crippen LogP contribution is -2.99. The Morgan fingerprint density at radius 3 is 2.92 bits per heavy atom. The van der Waals surface area contributed by atoms with Crippen molar-refractivity contribution in [2.24, 2.45) is 0 Å². The van der Waals surface area contributed by atoms with Crippen molar-refractivity contribution in [2.45, 2.75) is 0 Å². The number of ether oxygens (including phenoxy) is 1. The third-order valence-electron chi connectivity index (χ3n) is 1.51. The summed E-state index contributed by atoms with van der Waals surface area (Å²) in [5, 5.41) is 17.6. The maximum atomic E-state index is 10.2. The Balaban J connectivity index is 2.77. The molecule has 0 aliphatic rings. The number of hydrogen-bond acceptors (Lipinski definition) is 3. The molecule has 0 saturated heterocycles. The van der Waals surface area contributed by atoms with Crippen LogP contribution in [0.3, 0.4) is 0 Å². The highest BCUT2D eigenvalue weighted by Crippen LogP contribution is 2.12. The van der Waals surface area contributed by atoms with Gasteiger partial charge in [0.05, 0.1) is 7.11 Å². The van der Waals surface area contributed by atoms with Crippen molar-refractivity contribution < 1.29 is 15.2 Å². The van der Waals surface area contributed by atoms with Crippen molar-refractivity contribution in [3.05, 3.63) is 41.2 Å². The van der Waals surface area contributed by atoms with Crippen LogP contribution in [0, 0.1) is 5.21 Å². The number of quaternary nitrogens is 1. The maximum absolute atomic E-state index is 10.2. The Hall–Kier alpha value is -1.36. The van der Waals surface area contributed by atoms with Crippen LogP contribution in [-0.2, 0) is 0 Å². The van der Waals surface area contributed by atoms with Gasteiger partial charge in [0.1, 0.15) is 11.9 Å². The predicted molar refractivity (Wildman–Crippen MR) is 48.1 cm³/mol. The van der Waals surface area contributed by atoms with Crippen molar-refractivity contribution in [1.29, 1.82) is 0 Å². The third kappa shape index (κ3) is 3.25. The summed E-state index contributed by atoms with van der Waals surface area (Å²) < 4.78 is 4.98. The number of rotatable bonds is 3. The van der Waals surface area contributed by atoms with Crippen LogP contribution in [0.4, 0.5) is 0 Å². The molecular formula is C9H11NO3. The molecule has 0 heterocycles. The van der Waals surface area contributed by atoms with E-state index < -0.39 is 5.23 Å². The van der Waals surface area contributed by atoms with Gasteiger partial charge in [-0.15, -0.1) is 0 Å². The van der Waals surface area contributed by atoms with Crippen LogP contribution in [0.15, 0.2) is 30.5 Å². The quantitative estimate of drug-likeness (QED) is 0.665. The summed E-state index contributed by atoms with van der Waals surface area (Å²) in [7, 11) is 1.57. The standard InChI is InChI=1S/C9H11NO3/c1-13-9-4-2-3-8(7-9)5-6-10(11)12/h2-7,10-11H,1H3. The summed E-state index contributed by atoms with van der Waals surface area (Å²) in [5.74, 6) is 0.715. The topological polar surface area (TPSA) is 57.0 Å². The lowest BCUT2D eigenvalue weighted by atomic mass is 10.2. The van der Waals surface area contributed by atoms with E-state index in [4.69, 9.17) is 9.94 Å².